The van der Waals surface area contributed by atoms with E-state index < -0.39 is 0 Å². The monoisotopic (exact) mass is 322 g/mol. The number of hydrogen-bond donors (Lipinski definition) is 1. The van der Waals surface area contributed by atoms with E-state index in [1.165, 1.54) is 6.07 Å². The van der Waals surface area contributed by atoms with Crippen LogP contribution in [0.5, 0.6) is 0 Å². The van der Waals surface area contributed by atoms with Gasteiger partial charge < -0.3 is 10.0 Å². The highest BCUT2D eigenvalue weighted by atomic mass is 19.1. The van der Waals surface area contributed by atoms with E-state index in [1.807, 2.05) is 22.9 Å². The molecular weight excluding hydrogens is 295 g/mol. The summed E-state index contributed by atoms with van der Waals surface area (Å²) in [6.45, 7) is 3.77. The van der Waals surface area contributed by atoms with Gasteiger partial charge in [0.25, 0.3) is 0 Å². The van der Waals surface area contributed by atoms with E-state index in [4.69, 9.17) is 0 Å². The number of aliphatic hydroxyl groups is 1. The van der Waals surface area contributed by atoms with Gasteiger partial charge in [0.1, 0.15) is 5.82 Å². The Morgan fingerprint density at radius 1 is 1.43 bits per heavy atom. The maximum atomic E-state index is 13.2. The molecule has 1 unspecified atom stereocenters. The molecule has 0 spiro atoms. The highest BCUT2D eigenvalue weighted by Gasteiger charge is 2.23. The van der Waals surface area contributed by atoms with Gasteiger partial charge in [0.05, 0.1) is 12.6 Å². The molecule has 0 saturated carbocycles. The molecule has 1 fully saturated rings. The van der Waals surface area contributed by atoms with Crippen LogP contribution in [0.4, 0.5) is 4.39 Å². The van der Waals surface area contributed by atoms with Crippen molar-refractivity contribution in [2.75, 3.05) is 26.7 Å². The van der Waals surface area contributed by atoms with Gasteiger partial charge in [-0.15, -0.1) is 0 Å². The van der Waals surface area contributed by atoms with Crippen LogP contribution in [-0.4, -0.2) is 59.6 Å². The lowest BCUT2D eigenvalue weighted by molar-refractivity contribution is -0.134. The van der Waals surface area contributed by atoms with Gasteiger partial charge in [0, 0.05) is 19.1 Å². The first-order valence-electron chi connectivity index (χ1n) is 8.36. The molecule has 23 heavy (non-hydrogen) atoms. The highest BCUT2D eigenvalue weighted by molar-refractivity contribution is 5.78. The van der Waals surface area contributed by atoms with Crippen LogP contribution in [0.25, 0.3) is 0 Å². The molecule has 0 aliphatic carbocycles. The number of nitrogens with zero attached hydrogens (tertiary/aromatic N) is 2. The molecule has 4 nitrogen and oxygen atoms in total. The quantitative estimate of drug-likeness (QED) is 0.872. The second kappa shape index (κ2) is 8.41. The van der Waals surface area contributed by atoms with Crippen LogP contribution in [0.15, 0.2) is 24.3 Å². The summed E-state index contributed by atoms with van der Waals surface area (Å²) in [5.41, 5.74) is 0.988. The summed E-state index contributed by atoms with van der Waals surface area (Å²) >= 11 is 0. The number of aryl methyl sites for hydroxylation is 1. The minimum absolute atomic E-state index is 0.122. The third-order valence-corrected chi connectivity index (χ3v) is 4.69. The van der Waals surface area contributed by atoms with Crippen molar-refractivity contribution in [3.05, 3.63) is 35.6 Å². The summed E-state index contributed by atoms with van der Waals surface area (Å²) in [6, 6.07) is 6.93. The predicted octanol–water partition coefficient (Wildman–Crippen LogP) is 2.06. The maximum absolute atomic E-state index is 13.2. The summed E-state index contributed by atoms with van der Waals surface area (Å²) in [5, 5.41) is 9.50. The third kappa shape index (κ3) is 5.59. The van der Waals surface area contributed by atoms with Crippen molar-refractivity contribution in [2.24, 2.45) is 0 Å². The number of hydrogen-bond acceptors (Lipinski definition) is 3. The topological polar surface area (TPSA) is 43.8 Å². The number of carbonyl (C=O) groups excluding carboxylic acids is 1. The molecule has 5 heteroatoms. The lowest BCUT2D eigenvalue weighted by atomic mass is 10.1. The second-order valence-electron chi connectivity index (χ2n) is 6.54. The molecule has 1 amide bonds. The molecule has 0 radical (unpaired) electrons. The Hall–Kier alpha value is -1.46. The standard InChI is InChI=1S/C18H27FN2O2/c1-14(6-7-15-4-3-5-16(19)12-15)20(2)13-18(23)21-10-8-17(22)9-11-21/h3-5,12,14,17,22H,6-11,13H2,1-2H3. The van der Waals surface area contributed by atoms with Crippen LogP contribution >= 0.6 is 0 Å². The predicted molar refractivity (Wildman–Crippen MR) is 88.6 cm³/mol. The average Bonchev–Trinajstić information content (AvgIpc) is 2.53. The molecule has 1 aromatic carbocycles. The average molecular weight is 322 g/mol. The Labute approximate surface area is 137 Å². The minimum Gasteiger partial charge on any atom is -0.393 e. The Morgan fingerprint density at radius 2 is 2.13 bits per heavy atom. The van der Waals surface area contributed by atoms with Gasteiger partial charge in [-0.2, -0.15) is 0 Å². The van der Waals surface area contributed by atoms with Crippen molar-refractivity contribution in [3.8, 4) is 0 Å². The summed E-state index contributed by atoms with van der Waals surface area (Å²) in [7, 11) is 1.95. The van der Waals surface area contributed by atoms with Crippen molar-refractivity contribution in [1.82, 2.24) is 9.80 Å². The van der Waals surface area contributed by atoms with Crippen molar-refractivity contribution >= 4 is 5.91 Å². The van der Waals surface area contributed by atoms with E-state index >= 15 is 0 Å². The van der Waals surface area contributed by atoms with Crippen molar-refractivity contribution in [3.63, 3.8) is 0 Å². The van der Waals surface area contributed by atoms with E-state index in [-0.39, 0.29) is 23.9 Å². The van der Waals surface area contributed by atoms with E-state index in [2.05, 4.69) is 6.92 Å². The number of likely N-dealkylation sites (N-methyl/N-ethyl adjacent to an activating group) is 1. The fourth-order valence-corrected chi connectivity index (χ4v) is 2.87. The fourth-order valence-electron chi connectivity index (χ4n) is 2.87. The number of aliphatic hydroxyl groups excluding tert-OH is 1. The van der Waals surface area contributed by atoms with Crippen LogP contribution in [0.3, 0.4) is 0 Å². The molecule has 1 aromatic rings. The Bertz CT molecular complexity index is 515. The lowest BCUT2D eigenvalue weighted by Crippen LogP contribution is -2.46. The van der Waals surface area contributed by atoms with Gasteiger partial charge in [0.15, 0.2) is 0 Å². The number of piperidine rings is 1. The smallest absolute Gasteiger partial charge is 0.236 e. The number of rotatable bonds is 6. The van der Waals surface area contributed by atoms with Gasteiger partial charge in [-0.05, 0) is 57.4 Å². The minimum atomic E-state index is -0.262. The maximum Gasteiger partial charge on any atom is 0.236 e. The number of amides is 1. The zero-order valence-corrected chi connectivity index (χ0v) is 14.0. The summed E-state index contributed by atoms with van der Waals surface area (Å²) in [5.74, 6) is -0.0806. The zero-order valence-electron chi connectivity index (χ0n) is 14.0. The van der Waals surface area contributed by atoms with Crippen molar-refractivity contribution < 1.29 is 14.3 Å². The van der Waals surface area contributed by atoms with Crippen molar-refractivity contribution in [2.45, 2.75) is 44.8 Å². The second-order valence-corrected chi connectivity index (χ2v) is 6.54. The summed E-state index contributed by atoms with van der Waals surface area (Å²) in [4.78, 5) is 16.2. The molecule has 0 aromatic heterocycles. The van der Waals surface area contributed by atoms with Gasteiger partial charge in [0.2, 0.25) is 5.91 Å². The third-order valence-electron chi connectivity index (χ3n) is 4.69. The zero-order chi connectivity index (χ0) is 16.8. The molecule has 2 rings (SSSR count). The van der Waals surface area contributed by atoms with Gasteiger partial charge in [-0.1, -0.05) is 12.1 Å². The van der Waals surface area contributed by atoms with Crippen molar-refractivity contribution in [1.29, 1.82) is 0 Å². The van der Waals surface area contributed by atoms with Gasteiger partial charge in [-0.3, -0.25) is 9.69 Å². The van der Waals surface area contributed by atoms with Crippen LogP contribution in [0, 0.1) is 5.82 Å². The van der Waals surface area contributed by atoms with E-state index in [0.29, 0.717) is 32.5 Å². The highest BCUT2D eigenvalue weighted by Crippen LogP contribution is 2.13. The van der Waals surface area contributed by atoms with E-state index in [1.54, 1.807) is 12.1 Å². The Balaban J connectivity index is 1.75. The van der Waals surface area contributed by atoms with E-state index in [9.17, 15) is 14.3 Å². The fraction of sp³-hybridized carbons (Fsp3) is 0.611. The largest absolute Gasteiger partial charge is 0.393 e. The molecule has 1 saturated heterocycles. The first-order chi connectivity index (χ1) is 11.0. The van der Waals surface area contributed by atoms with Gasteiger partial charge in [-0.25, -0.2) is 4.39 Å². The molecule has 1 aliphatic heterocycles. The molecular formula is C18H27FN2O2. The molecule has 1 N–H and O–H groups in total. The molecule has 128 valence electrons. The Kier molecular flexibility index (Phi) is 6.54. The normalized spacial score (nSPS) is 17.5. The van der Waals surface area contributed by atoms with Crippen LogP contribution in [0.2, 0.25) is 0 Å². The summed E-state index contributed by atoms with van der Waals surface area (Å²) in [6.07, 6.45) is 2.76. The molecule has 1 heterocycles. The van der Waals surface area contributed by atoms with Crippen LogP contribution in [0.1, 0.15) is 31.7 Å². The van der Waals surface area contributed by atoms with Crippen LogP contribution < -0.4 is 0 Å². The van der Waals surface area contributed by atoms with Crippen LogP contribution in [-0.2, 0) is 11.2 Å². The number of benzene rings is 1. The number of likely N-dealkylation sites (tertiary alicyclic amines) is 1. The SMILES string of the molecule is CC(CCc1cccc(F)c1)N(C)CC(=O)N1CCC(O)CC1. The summed E-state index contributed by atoms with van der Waals surface area (Å²) < 4.78 is 13.2. The molecule has 0 bridgehead atoms. The Morgan fingerprint density at radius 3 is 2.78 bits per heavy atom. The lowest BCUT2D eigenvalue weighted by Gasteiger charge is -2.32. The first-order valence-corrected chi connectivity index (χ1v) is 8.36. The molecule has 1 atom stereocenters. The molecule has 1 aliphatic rings. The van der Waals surface area contributed by atoms with E-state index in [0.717, 1.165) is 18.4 Å². The van der Waals surface area contributed by atoms with Gasteiger partial charge >= 0.3 is 0 Å². The number of carbonyl (C=O) groups is 1. The first kappa shape index (κ1) is 17.9. The number of halogens is 1.